The molecule has 0 saturated heterocycles. The zero-order chi connectivity index (χ0) is 43.7. The Labute approximate surface area is 381 Å². The molecule has 13 aromatic rings. The van der Waals surface area contributed by atoms with Crippen LogP contribution >= 0.6 is 0 Å². The van der Waals surface area contributed by atoms with Gasteiger partial charge in [-0.3, -0.25) is 0 Å². The lowest BCUT2D eigenvalue weighted by Crippen LogP contribution is -2.09. The first-order valence-corrected chi connectivity index (χ1v) is 22.4. The molecule has 306 valence electrons. The van der Waals surface area contributed by atoms with Gasteiger partial charge in [0.15, 0.2) is 0 Å². The largest absolute Gasteiger partial charge is 0.456 e. The van der Waals surface area contributed by atoms with Crippen molar-refractivity contribution in [3.05, 3.63) is 236 Å². The molecule has 0 aliphatic heterocycles. The van der Waals surface area contributed by atoms with Gasteiger partial charge in [0.2, 0.25) is 0 Å². The third-order valence-corrected chi connectivity index (χ3v) is 13.4. The first-order chi connectivity index (χ1) is 32.7. The highest BCUT2D eigenvalue weighted by atomic mass is 16.3. The van der Waals surface area contributed by atoms with Crippen LogP contribution in [0.2, 0.25) is 0 Å². The maximum atomic E-state index is 9.64. The average molecular weight is 839 g/mol. The summed E-state index contributed by atoms with van der Waals surface area (Å²) in [5, 5.41) is 23.9. The number of benzene rings is 12. The molecule has 0 amide bonds. The summed E-state index contributed by atoms with van der Waals surface area (Å²) in [6, 6.07) is 85.0. The van der Waals surface area contributed by atoms with Gasteiger partial charge in [-0.2, -0.15) is 5.26 Å². The fourth-order valence-corrected chi connectivity index (χ4v) is 10.4. The zero-order valence-electron chi connectivity index (χ0n) is 35.7. The normalized spacial score (nSPS) is 11.6. The molecule has 0 radical (unpaired) electrons. The molecule has 0 spiro atoms. The molecule has 0 aliphatic rings. The molecule has 0 bridgehead atoms. The maximum Gasteiger partial charge on any atom is 0.135 e. The first kappa shape index (κ1) is 37.6. The van der Waals surface area contributed by atoms with E-state index in [1.54, 1.807) is 0 Å². The lowest BCUT2D eigenvalue weighted by Gasteiger charge is -2.26. The Balaban J connectivity index is 0.991. The summed E-state index contributed by atoms with van der Waals surface area (Å²) >= 11 is 0. The van der Waals surface area contributed by atoms with Crippen LogP contribution in [0.5, 0.6) is 0 Å². The van der Waals surface area contributed by atoms with E-state index in [1.807, 2.05) is 42.5 Å². The Morgan fingerprint density at radius 1 is 0.318 bits per heavy atom. The van der Waals surface area contributed by atoms with Crippen molar-refractivity contribution < 1.29 is 4.42 Å². The number of nitrogens with zero attached hydrogens (tertiary/aromatic N) is 2. The number of para-hydroxylation sites is 1. The summed E-state index contributed by atoms with van der Waals surface area (Å²) in [5.41, 5.74) is 12.6. The van der Waals surface area contributed by atoms with Crippen molar-refractivity contribution in [1.82, 2.24) is 0 Å². The van der Waals surface area contributed by atoms with Crippen LogP contribution < -0.4 is 4.90 Å². The van der Waals surface area contributed by atoms with Crippen molar-refractivity contribution in [3.63, 3.8) is 0 Å². The minimum atomic E-state index is 0.622. The molecule has 3 heteroatoms. The van der Waals surface area contributed by atoms with Crippen LogP contribution in [-0.4, -0.2) is 0 Å². The van der Waals surface area contributed by atoms with Gasteiger partial charge in [-0.25, -0.2) is 0 Å². The van der Waals surface area contributed by atoms with E-state index in [1.165, 1.54) is 65.3 Å². The van der Waals surface area contributed by atoms with E-state index in [4.69, 9.17) is 4.42 Å². The van der Waals surface area contributed by atoms with Crippen molar-refractivity contribution in [3.8, 4) is 39.4 Å². The van der Waals surface area contributed by atoms with E-state index in [0.29, 0.717) is 5.56 Å². The van der Waals surface area contributed by atoms with Crippen molar-refractivity contribution in [2.45, 2.75) is 0 Å². The number of hydrogen-bond acceptors (Lipinski definition) is 3. The van der Waals surface area contributed by atoms with E-state index < -0.39 is 0 Å². The number of fused-ring (bicyclic) bond motifs is 8. The number of anilines is 3. The summed E-state index contributed by atoms with van der Waals surface area (Å²) < 4.78 is 6.21. The molecule has 0 atom stereocenters. The van der Waals surface area contributed by atoms with Crippen LogP contribution in [0.3, 0.4) is 0 Å². The fourth-order valence-electron chi connectivity index (χ4n) is 10.4. The summed E-state index contributed by atoms with van der Waals surface area (Å²) in [6.07, 6.45) is 0. The summed E-state index contributed by atoms with van der Waals surface area (Å²) in [7, 11) is 0. The van der Waals surface area contributed by atoms with Gasteiger partial charge in [0.05, 0.1) is 11.6 Å². The Morgan fingerprint density at radius 2 is 0.818 bits per heavy atom. The minimum Gasteiger partial charge on any atom is -0.456 e. The highest BCUT2D eigenvalue weighted by Crippen LogP contribution is 2.48. The highest BCUT2D eigenvalue weighted by Gasteiger charge is 2.21. The fraction of sp³-hybridized carbons (Fsp3) is 0. The Hall–Kier alpha value is -8.97. The number of nitriles is 1. The van der Waals surface area contributed by atoms with Gasteiger partial charge in [0, 0.05) is 27.8 Å². The van der Waals surface area contributed by atoms with Crippen LogP contribution in [-0.2, 0) is 0 Å². The third kappa shape index (κ3) is 6.04. The van der Waals surface area contributed by atoms with Crippen molar-refractivity contribution in [2.75, 3.05) is 4.90 Å². The van der Waals surface area contributed by atoms with Crippen LogP contribution in [0.25, 0.3) is 109 Å². The van der Waals surface area contributed by atoms with Crippen LogP contribution in [0.15, 0.2) is 235 Å². The monoisotopic (exact) mass is 838 g/mol. The molecule has 13 rings (SSSR count). The molecule has 0 unspecified atom stereocenters. The second-order valence-corrected chi connectivity index (χ2v) is 17.1. The molecule has 1 heterocycles. The number of rotatable bonds is 6. The quantitative estimate of drug-likeness (QED) is 0.157. The first-order valence-electron chi connectivity index (χ1n) is 22.4. The summed E-state index contributed by atoms with van der Waals surface area (Å²) in [6.45, 7) is 0. The van der Waals surface area contributed by atoms with Gasteiger partial charge >= 0.3 is 0 Å². The highest BCUT2D eigenvalue weighted by molar-refractivity contribution is 6.25. The topological polar surface area (TPSA) is 40.2 Å². The zero-order valence-corrected chi connectivity index (χ0v) is 35.7. The molecule has 3 nitrogen and oxygen atoms in total. The predicted molar refractivity (Wildman–Crippen MR) is 277 cm³/mol. The standard InChI is InChI=1S/C63H38N2O/c64-39-40-23-29-47(30-24-40)65(49-32-34-61-58(38-49)52-17-7-8-22-60(52)66-61)48-31-27-44-35-43(25-26-45(44)36-48)46-28-33-57-59(37-46)63(54-21-10-14-42-12-2-4-16-51(42)54)56-19-6-5-18-55(56)62(57)53-20-9-13-41-11-1-3-15-50(41)53/h1-38H. The van der Waals surface area contributed by atoms with E-state index in [-0.39, 0.29) is 0 Å². The van der Waals surface area contributed by atoms with Crippen molar-refractivity contribution >= 4 is 92.9 Å². The second-order valence-electron chi connectivity index (χ2n) is 17.1. The van der Waals surface area contributed by atoms with Gasteiger partial charge in [-0.15, -0.1) is 0 Å². The van der Waals surface area contributed by atoms with Crippen LogP contribution in [0.4, 0.5) is 17.1 Å². The summed E-state index contributed by atoms with van der Waals surface area (Å²) in [5.74, 6) is 0. The van der Waals surface area contributed by atoms with Crippen LogP contribution in [0, 0.1) is 11.3 Å². The lowest BCUT2D eigenvalue weighted by molar-refractivity contribution is 0.669. The third-order valence-electron chi connectivity index (χ3n) is 13.4. The SMILES string of the molecule is N#Cc1ccc(N(c2ccc3cc(-c4ccc5c(-c6cccc7ccccc67)c6ccccc6c(-c6cccc7ccccc67)c5c4)ccc3c2)c2ccc3oc4ccccc4c3c2)cc1. The van der Waals surface area contributed by atoms with Gasteiger partial charge in [-0.1, -0.05) is 158 Å². The number of hydrogen-bond donors (Lipinski definition) is 0. The minimum absolute atomic E-state index is 0.622. The van der Waals surface area contributed by atoms with E-state index in [9.17, 15) is 5.26 Å². The molecule has 0 aliphatic carbocycles. The van der Waals surface area contributed by atoms with Crippen molar-refractivity contribution in [2.24, 2.45) is 0 Å². The number of furan rings is 1. The average Bonchev–Trinajstić information content (AvgIpc) is 3.76. The van der Waals surface area contributed by atoms with Gasteiger partial charge < -0.3 is 9.32 Å². The Bertz CT molecular complexity index is 4120. The van der Waals surface area contributed by atoms with Crippen LogP contribution in [0.1, 0.15) is 5.56 Å². The predicted octanol–water partition coefficient (Wildman–Crippen LogP) is 17.7. The molecule has 0 saturated carbocycles. The van der Waals surface area contributed by atoms with Gasteiger partial charge in [0.1, 0.15) is 11.2 Å². The van der Waals surface area contributed by atoms with Crippen molar-refractivity contribution in [1.29, 1.82) is 5.26 Å². The van der Waals surface area contributed by atoms with Gasteiger partial charge in [0.25, 0.3) is 0 Å². The molecular formula is C63H38N2O. The lowest BCUT2D eigenvalue weighted by atomic mass is 9.83. The van der Waals surface area contributed by atoms with Gasteiger partial charge in [-0.05, 0) is 160 Å². The molecular weight excluding hydrogens is 801 g/mol. The molecule has 0 fully saturated rings. The smallest absolute Gasteiger partial charge is 0.135 e. The Morgan fingerprint density at radius 3 is 1.53 bits per heavy atom. The maximum absolute atomic E-state index is 9.64. The summed E-state index contributed by atoms with van der Waals surface area (Å²) in [4.78, 5) is 2.26. The molecule has 1 aromatic heterocycles. The molecule has 12 aromatic carbocycles. The molecule has 66 heavy (non-hydrogen) atoms. The van der Waals surface area contributed by atoms with E-state index in [2.05, 4.69) is 199 Å². The second kappa shape index (κ2) is 15.1. The Kier molecular flexibility index (Phi) is 8.59. The van der Waals surface area contributed by atoms with E-state index >= 15 is 0 Å². The molecule has 0 N–H and O–H groups in total. The van der Waals surface area contributed by atoms with E-state index in [0.717, 1.165) is 60.9 Å².